The molecule has 20 heavy (non-hydrogen) atoms. The van der Waals surface area contributed by atoms with Crippen LogP contribution in [-0.2, 0) is 20.6 Å². The molecule has 7 heteroatoms. The summed E-state index contributed by atoms with van der Waals surface area (Å²) < 4.78 is 11.5. The minimum Gasteiger partial charge on any atom is -0.481 e. The molecule has 0 radical (unpaired) electrons. The number of carboxylic acids is 2. The van der Waals surface area contributed by atoms with Crippen LogP contribution in [0, 0.1) is 5.92 Å². The molecule has 0 aliphatic carbocycles. The van der Waals surface area contributed by atoms with Crippen LogP contribution in [0.3, 0.4) is 0 Å². The molecule has 0 bridgehead atoms. The van der Waals surface area contributed by atoms with Crippen LogP contribution in [0.1, 0.15) is 18.9 Å². The monoisotopic (exact) mass is 300 g/mol. The molecule has 1 aromatic rings. The Balaban J connectivity index is 3.14. The summed E-state index contributed by atoms with van der Waals surface area (Å²) in [7, 11) is -3.45. The lowest BCUT2D eigenvalue weighted by atomic mass is 9.84. The smallest absolute Gasteiger partial charge is 0.319 e. The fourth-order valence-electron chi connectivity index (χ4n) is 2.03. The lowest BCUT2D eigenvalue weighted by Gasteiger charge is -2.30. The van der Waals surface area contributed by atoms with Crippen molar-refractivity contribution >= 4 is 20.0 Å². The minimum absolute atomic E-state index is 0.118. The summed E-state index contributed by atoms with van der Waals surface area (Å²) in [4.78, 5) is 31.7. The maximum absolute atomic E-state index is 11.5. The van der Waals surface area contributed by atoms with Crippen LogP contribution in [-0.4, -0.2) is 32.2 Å². The molecule has 1 rings (SSSR count). The van der Waals surface area contributed by atoms with Crippen LogP contribution in [0.2, 0.25) is 0 Å². The van der Waals surface area contributed by atoms with E-state index in [4.69, 9.17) is 5.11 Å². The van der Waals surface area contributed by atoms with E-state index in [0.717, 1.165) is 12.5 Å². The van der Waals surface area contributed by atoms with Crippen LogP contribution < -0.4 is 0 Å². The Labute approximate surface area is 116 Å². The van der Waals surface area contributed by atoms with Gasteiger partial charge in [0.1, 0.15) is 5.16 Å². The largest absolute Gasteiger partial charge is 0.481 e. The molecule has 0 aliphatic heterocycles. The first-order valence-corrected chi connectivity index (χ1v) is 7.36. The van der Waals surface area contributed by atoms with Gasteiger partial charge in [0.15, 0.2) is 0 Å². The lowest BCUT2D eigenvalue weighted by Crippen LogP contribution is -2.42. The van der Waals surface area contributed by atoms with E-state index in [1.165, 1.54) is 0 Å². The normalized spacial score (nSPS) is 16.9. The van der Waals surface area contributed by atoms with Crippen molar-refractivity contribution in [2.75, 3.05) is 0 Å². The first-order chi connectivity index (χ1) is 9.28. The fraction of sp³-hybridized carbons (Fsp3) is 0.385. The Morgan fingerprint density at radius 3 is 2.20 bits per heavy atom. The average molecular weight is 300 g/mol. The van der Waals surface area contributed by atoms with Gasteiger partial charge in [-0.1, -0.05) is 30.3 Å². The molecule has 1 aromatic carbocycles. The third-order valence-corrected chi connectivity index (χ3v) is 4.96. The van der Waals surface area contributed by atoms with Gasteiger partial charge in [0.05, 0.1) is 6.42 Å². The van der Waals surface area contributed by atoms with Crippen LogP contribution in [0.25, 0.3) is 0 Å². The Morgan fingerprint density at radius 1 is 1.25 bits per heavy atom. The van der Waals surface area contributed by atoms with Crippen LogP contribution in [0.4, 0.5) is 0 Å². The molecule has 6 nitrogen and oxygen atoms in total. The molecule has 0 aromatic heterocycles. The van der Waals surface area contributed by atoms with Gasteiger partial charge in [-0.2, -0.15) is 0 Å². The molecule has 0 fully saturated rings. The summed E-state index contributed by atoms with van der Waals surface area (Å²) in [5, 5.41) is 16.2. The molecular formula is C13H17O6P. The number of aliphatic carboxylic acids is 2. The molecule has 0 amide bonds. The van der Waals surface area contributed by atoms with Crippen molar-refractivity contribution in [1.82, 2.24) is 0 Å². The summed E-state index contributed by atoms with van der Waals surface area (Å²) in [5.74, 6) is -3.61. The molecule has 3 atom stereocenters. The molecule has 110 valence electrons. The molecular weight excluding hydrogens is 283 g/mol. The van der Waals surface area contributed by atoms with E-state index >= 15 is 0 Å². The van der Waals surface area contributed by atoms with Gasteiger partial charge in [-0.3, -0.25) is 14.2 Å². The lowest BCUT2D eigenvalue weighted by molar-refractivity contribution is -0.143. The molecule has 0 heterocycles. The predicted octanol–water partition coefficient (Wildman–Crippen LogP) is 1.63. The van der Waals surface area contributed by atoms with Crippen molar-refractivity contribution in [2.45, 2.75) is 24.9 Å². The Morgan fingerprint density at radius 2 is 1.80 bits per heavy atom. The molecule has 3 N–H and O–H groups in total. The molecule has 0 aliphatic rings. The first kappa shape index (κ1) is 16.4. The van der Waals surface area contributed by atoms with Gasteiger partial charge >= 0.3 is 11.9 Å². The standard InChI is InChI=1S/C13H17O6P/c1-13(12(16)17,20(18)19)10(8-11(14)15)7-9-5-3-2-4-6-9/h2-6,10,20H,7-8H2,1H3,(H,14,15)(H,16,17)(H,18,19). The third kappa shape index (κ3) is 3.68. The Kier molecular flexibility index (Phi) is 5.48. The van der Waals surface area contributed by atoms with Crippen molar-refractivity contribution < 1.29 is 29.3 Å². The zero-order valence-corrected chi connectivity index (χ0v) is 11.9. The first-order valence-electron chi connectivity index (χ1n) is 6.01. The Hall–Kier alpha value is -1.65. The van der Waals surface area contributed by atoms with Crippen LogP contribution in [0.5, 0.6) is 0 Å². The topological polar surface area (TPSA) is 112 Å². The second-order valence-corrected chi connectivity index (χ2v) is 6.45. The van der Waals surface area contributed by atoms with Gasteiger partial charge < -0.3 is 15.1 Å². The van der Waals surface area contributed by atoms with Gasteiger partial charge in [0, 0.05) is 0 Å². The number of carbonyl (C=O) groups is 2. The number of hydrogen-bond acceptors (Lipinski definition) is 3. The number of carboxylic acid groups (broad SMARTS) is 2. The highest BCUT2D eigenvalue weighted by Crippen LogP contribution is 2.44. The minimum atomic E-state index is -3.45. The van der Waals surface area contributed by atoms with Gasteiger partial charge in [-0.25, -0.2) is 0 Å². The van der Waals surface area contributed by atoms with Crippen molar-refractivity contribution in [3.05, 3.63) is 35.9 Å². The van der Waals surface area contributed by atoms with E-state index in [0.29, 0.717) is 0 Å². The zero-order chi connectivity index (χ0) is 15.3. The maximum atomic E-state index is 11.5. The van der Waals surface area contributed by atoms with Gasteiger partial charge in [0.25, 0.3) is 0 Å². The van der Waals surface area contributed by atoms with E-state index in [-0.39, 0.29) is 6.42 Å². The van der Waals surface area contributed by atoms with E-state index in [1.54, 1.807) is 30.3 Å². The average Bonchev–Trinajstić information content (AvgIpc) is 2.37. The third-order valence-electron chi connectivity index (χ3n) is 3.45. The van der Waals surface area contributed by atoms with Crippen LogP contribution in [0.15, 0.2) is 30.3 Å². The Bertz CT molecular complexity index is 499. The number of hydrogen-bond donors (Lipinski definition) is 3. The van der Waals surface area contributed by atoms with Crippen molar-refractivity contribution in [3.63, 3.8) is 0 Å². The molecule has 3 unspecified atom stereocenters. The van der Waals surface area contributed by atoms with Gasteiger partial charge in [-0.05, 0) is 24.8 Å². The van der Waals surface area contributed by atoms with Crippen molar-refractivity contribution in [1.29, 1.82) is 0 Å². The van der Waals surface area contributed by atoms with Crippen molar-refractivity contribution in [2.24, 2.45) is 5.92 Å². The highest BCUT2D eigenvalue weighted by atomic mass is 31.1. The predicted molar refractivity (Wildman–Crippen MR) is 73.1 cm³/mol. The quantitative estimate of drug-likeness (QED) is 0.660. The van der Waals surface area contributed by atoms with Crippen molar-refractivity contribution in [3.8, 4) is 0 Å². The maximum Gasteiger partial charge on any atom is 0.319 e. The summed E-state index contributed by atoms with van der Waals surface area (Å²) in [6.45, 7) is 1.13. The fourth-order valence-corrected chi connectivity index (χ4v) is 2.77. The number of benzene rings is 1. The molecule has 0 saturated carbocycles. The summed E-state index contributed by atoms with van der Waals surface area (Å²) >= 11 is 0. The molecule has 0 spiro atoms. The summed E-state index contributed by atoms with van der Waals surface area (Å²) in [6.07, 6.45) is -0.360. The van der Waals surface area contributed by atoms with E-state index in [1.807, 2.05) is 0 Å². The SMILES string of the molecule is CC(C(=O)O)(C(CC(=O)O)Cc1ccccc1)[PH](=O)O. The number of rotatable bonds is 7. The zero-order valence-electron chi connectivity index (χ0n) is 10.9. The summed E-state index contributed by atoms with van der Waals surface area (Å²) in [5.41, 5.74) is 0.731. The highest BCUT2D eigenvalue weighted by Gasteiger charge is 2.47. The van der Waals surface area contributed by atoms with E-state index in [2.05, 4.69) is 0 Å². The van der Waals surface area contributed by atoms with Gasteiger partial charge in [0.2, 0.25) is 8.03 Å². The summed E-state index contributed by atoms with van der Waals surface area (Å²) in [6, 6.07) is 8.72. The van der Waals surface area contributed by atoms with Crippen LogP contribution >= 0.6 is 8.03 Å². The van der Waals surface area contributed by atoms with E-state index < -0.39 is 37.5 Å². The highest BCUT2D eigenvalue weighted by molar-refractivity contribution is 7.41. The second-order valence-electron chi connectivity index (χ2n) is 4.80. The molecule has 0 saturated heterocycles. The van der Waals surface area contributed by atoms with Gasteiger partial charge in [-0.15, -0.1) is 0 Å². The second kappa shape index (κ2) is 6.68. The van der Waals surface area contributed by atoms with E-state index in [9.17, 15) is 24.2 Å².